The number of unbranched alkanes of at least 4 members (excludes halogenated alkanes) is 50. The molecule has 6 heteroatoms. The van der Waals surface area contributed by atoms with Crippen LogP contribution < -0.4 is 0 Å². The van der Waals surface area contributed by atoms with Crippen molar-refractivity contribution in [2.24, 2.45) is 0 Å². The third kappa shape index (κ3) is 66.4. The summed E-state index contributed by atoms with van der Waals surface area (Å²) in [7, 11) is 0. The second kappa shape index (κ2) is 69.1. The van der Waals surface area contributed by atoms with Gasteiger partial charge in [0.05, 0.1) is 0 Å². The Kier molecular flexibility index (Phi) is 67.1. The predicted octanol–water partition coefficient (Wildman–Crippen LogP) is 24.7. The molecule has 0 saturated carbocycles. The highest BCUT2D eigenvalue weighted by atomic mass is 16.6. The molecule has 0 radical (unpaired) electrons. The van der Waals surface area contributed by atoms with Gasteiger partial charge in [0.2, 0.25) is 0 Å². The average molecular weight is 1120 g/mol. The lowest BCUT2D eigenvalue weighted by Crippen LogP contribution is -2.30. The van der Waals surface area contributed by atoms with E-state index in [1.165, 1.54) is 289 Å². The van der Waals surface area contributed by atoms with E-state index in [1.54, 1.807) is 0 Å². The van der Waals surface area contributed by atoms with Crippen LogP contribution in [0.4, 0.5) is 0 Å². The minimum Gasteiger partial charge on any atom is -0.462 e. The predicted molar refractivity (Wildman–Crippen MR) is 349 cm³/mol. The first-order valence-electron chi connectivity index (χ1n) is 36.0. The standard InChI is InChI=1S/C74H138O6/c1-4-7-10-13-16-19-22-25-28-31-34-35-36-37-38-39-41-43-46-49-52-55-58-61-64-67-73(76)79-70-71(69-78-72(75)66-63-60-57-54-51-48-45-42-33-30-27-24-21-18-15-12-9-6-3)80-74(77)68-65-62-59-56-53-50-47-44-40-32-29-26-23-20-17-14-11-8-5-2/h21,24,26,29-30,33,71H,4-20,22-23,25,27-28,31-32,34-70H2,1-3H3/b24-21-,29-26-,33-30-. The molecular weight excluding hydrogens is 985 g/mol. The molecule has 0 rings (SSSR count). The lowest BCUT2D eigenvalue weighted by atomic mass is 10.0. The highest BCUT2D eigenvalue weighted by molar-refractivity contribution is 5.71. The number of esters is 3. The summed E-state index contributed by atoms with van der Waals surface area (Å²) in [6.07, 6.45) is 86.0. The Morgan fingerprint density at radius 1 is 0.250 bits per heavy atom. The first-order chi connectivity index (χ1) is 39.5. The summed E-state index contributed by atoms with van der Waals surface area (Å²) < 4.78 is 17.0. The highest BCUT2D eigenvalue weighted by Crippen LogP contribution is 2.19. The number of allylic oxidation sites excluding steroid dienone is 6. The minimum absolute atomic E-state index is 0.0706. The van der Waals surface area contributed by atoms with Gasteiger partial charge in [0, 0.05) is 19.3 Å². The highest BCUT2D eigenvalue weighted by Gasteiger charge is 2.19. The van der Waals surface area contributed by atoms with Crippen LogP contribution in [0.2, 0.25) is 0 Å². The van der Waals surface area contributed by atoms with E-state index in [0.717, 1.165) is 70.6 Å². The molecule has 0 saturated heterocycles. The number of carbonyl (C=O) groups is 3. The van der Waals surface area contributed by atoms with Crippen LogP contribution in [0.5, 0.6) is 0 Å². The molecule has 0 fully saturated rings. The Bertz CT molecular complexity index is 1340. The molecule has 0 aromatic heterocycles. The van der Waals surface area contributed by atoms with Gasteiger partial charge in [0.25, 0.3) is 0 Å². The summed E-state index contributed by atoms with van der Waals surface area (Å²) in [5, 5.41) is 0. The molecule has 0 amide bonds. The largest absolute Gasteiger partial charge is 0.462 e. The van der Waals surface area contributed by atoms with Crippen molar-refractivity contribution in [1.82, 2.24) is 0 Å². The third-order valence-electron chi connectivity index (χ3n) is 16.4. The Morgan fingerprint density at radius 2 is 0.450 bits per heavy atom. The Morgan fingerprint density at radius 3 is 0.713 bits per heavy atom. The van der Waals surface area contributed by atoms with Crippen molar-refractivity contribution >= 4 is 17.9 Å². The smallest absolute Gasteiger partial charge is 0.306 e. The molecule has 1 unspecified atom stereocenters. The van der Waals surface area contributed by atoms with Crippen LogP contribution in [0.15, 0.2) is 36.5 Å². The Labute approximate surface area is 499 Å². The van der Waals surface area contributed by atoms with E-state index in [0.29, 0.717) is 19.3 Å². The van der Waals surface area contributed by atoms with Gasteiger partial charge in [-0.1, -0.05) is 340 Å². The van der Waals surface area contributed by atoms with E-state index in [4.69, 9.17) is 14.2 Å². The van der Waals surface area contributed by atoms with E-state index >= 15 is 0 Å². The van der Waals surface area contributed by atoms with Gasteiger partial charge < -0.3 is 14.2 Å². The Hall–Kier alpha value is -2.37. The van der Waals surface area contributed by atoms with Crippen LogP contribution in [0.1, 0.15) is 400 Å². The number of hydrogen-bond acceptors (Lipinski definition) is 6. The van der Waals surface area contributed by atoms with Crippen molar-refractivity contribution in [1.29, 1.82) is 0 Å². The Balaban J connectivity index is 4.29. The van der Waals surface area contributed by atoms with Gasteiger partial charge in [-0.3, -0.25) is 14.4 Å². The van der Waals surface area contributed by atoms with Crippen LogP contribution in [-0.2, 0) is 28.6 Å². The number of hydrogen-bond donors (Lipinski definition) is 0. The van der Waals surface area contributed by atoms with Crippen LogP contribution in [0.3, 0.4) is 0 Å². The van der Waals surface area contributed by atoms with Gasteiger partial charge in [-0.15, -0.1) is 0 Å². The van der Waals surface area contributed by atoms with Gasteiger partial charge in [-0.2, -0.15) is 0 Å². The zero-order chi connectivity index (χ0) is 57.8. The van der Waals surface area contributed by atoms with Crippen molar-refractivity contribution in [2.45, 2.75) is 406 Å². The number of rotatable bonds is 67. The minimum atomic E-state index is -0.776. The normalized spacial score (nSPS) is 12.2. The maximum Gasteiger partial charge on any atom is 0.306 e. The maximum atomic E-state index is 13.0. The second-order valence-electron chi connectivity index (χ2n) is 24.5. The average Bonchev–Trinajstić information content (AvgIpc) is 3.46. The van der Waals surface area contributed by atoms with E-state index in [9.17, 15) is 14.4 Å². The molecule has 6 nitrogen and oxygen atoms in total. The van der Waals surface area contributed by atoms with E-state index < -0.39 is 6.10 Å². The zero-order valence-electron chi connectivity index (χ0n) is 54.1. The van der Waals surface area contributed by atoms with Gasteiger partial charge in [0.1, 0.15) is 13.2 Å². The fourth-order valence-corrected chi connectivity index (χ4v) is 10.9. The molecule has 0 aliphatic heterocycles. The SMILES string of the molecule is CCCCCC/C=C\C/C=C\CCCCCCCCCC(=O)OCC(COC(=O)CCCCCCCCCCCCCCCCCCCCCCCCCCC)OC(=O)CCCCCCCCCCC/C=C\CCCCCCCC. The molecule has 0 heterocycles. The van der Waals surface area contributed by atoms with Crippen LogP contribution in [0, 0.1) is 0 Å². The summed E-state index contributed by atoms with van der Waals surface area (Å²) in [6.45, 7) is 6.69. The lowest BCUT2D eigenvalue weighted by molar-refractivity contribution is -0.167. The van der Waals surface area contributed by atoms with Gasteiger partial charge >= 0.3 is 17.9 Å². The molecule has 80 heavy (non-hydrogen) atoms. The van der Waals surface area contributed by atoms with E-state index in [-0.39, 0.29) is 31.1 Å². The summed E-state index contributed by atoms with van der Waals surface area (Å²) in [5.41, 5.74) is 0. The molecule has 0 aliphatic carbocycles. The molecule has 1 atom stereocenters. The van der Waals surface area contributed by atoms with Crippen molar-refractivity contribution in [2.75, 3.05) is 13.2 Å². The molecule has 0 aromatic carbocycles. The molecule has 0 bridgehead atoms. The van der Waals surface area contributed by atoms with Gasteiger partial charge in [0.15, 0.2) is 6.10 Å². The fraction of sp³-hybridized carbons (Fsp3) is 0.878. The number of carbonyl (C=O) groups excluding carboxylic acids is 3. The molecule has 0 aliphatic rings. The monoisotopic (exact) mass is 1120 g/mol. The molecule has 0 spiro atoms. The van der Waals surface area contributed by atoms with Crippen molar-refractivity contribution in [3.8, 4) is 0 Å². The fourth-order valence-electron chi connectivity index (χ4n) is 10.9. The van der Waals surface area contributed by atoms with E-state index in [1.807, 2.05) is 0 Å². The third-order valence-corrected chi connectivity index (χ3v) is 16.4. The summed E-state index contributed by atoms with van der Waals surface area (Å²) in [6, 6.07) is 0. The number of ether oxygens (including phenoxy) is 3. The topological polar surface area (TPSA) is 78.9 Å². The van der Waals surface area contributed by atoms with Crippen LogP contribution >= 0.6 is 0 Å². The second-order valence-corrected chi connectivity index (χ2v) is 24.5. The van der Waals surface area contributed by atoms with E-state index in [2.05, 4.69) is 57.2 Å². The first-order valence-corrected chi connectivity index (χ1v) is 36.0. The zero-order valence-corrected chi connectivity index (χ0v) is 54.1. The molecular formula is C74H138O6. The van der Waals surface area contributed by atoms with Crippen molar-refractivity contribution in [3.05, 3.63) is 36.5 Å². The lowest BCUT2D eigenvalue weighted by Gasteiger charge is -2.18. The van der Waals surface area contributed by atoms with Gasteiger partial charge in [-0.05, 0) is 77.0 Å². The van der Waals surface area contributed by atoms with Crippen LogP contribution in [0.25, 0.3) is 0 Å². The molecule has 470 valence electrons. The van der Waals surface area contributed by atoms with Crippen LogP contribution in [-0.4, -0.2) is 37.2 Å². The maximum absolute atomic E-state index is 13.0. The molecule has 0 N–H and O–H groups in total. The first kappa shape index (κ1) is 77.6. The summed E-state index contributed by atoms with van der Waals surface area (Å²) >= 11 is 0. The van der Waals surface area contributed by atoms with Crippen molar-refractivity contribution in [3.63, 3.8) is 0 Å². The molecule has 0 aromatic rings. The quantitative estimate of drug-likeness (QED) is 0.0261. The summed E-state index contributed by atoms with van der Waals surface area (Å²) in [4.78, 5) is 38.5. The van der Waals surface area contributed by atoms with Crippen molar-refractivity contribution < 1.29 is 28.6 Å². The van der Waals surface area contributed by atoms with Gasteiger partial charge in [-0.25, -0.2) is 0 Å². The summed E-state index contributed by atoms with van der Waals surface area (Å²) in [5.74, 6) is -0.851.